The van der Waals surface area contributed by atoms with E-state index in [-0.39, 0.29) is 17.5 Å². The number of thiocarbonyl (C=S) groups is 1. The van der Waals surface area contributed by atoms with E-state index in [0.29, 0.717) is 40.7 Å². The Kier molecular flexibility index (Phi) is 6.48. The van der Waals surface area contributed by atoms with Crippen LogP contribution in [0.15, 0.2) is 53.3 Å². The Labute approximate surface area is 185 Å². The quantitative estimate of drug-likeness (QED) is 0.563. The second kappa shape index (κ2) is 9.45. The molecular weight excluding hydrogens is 417 g/mol. The lowest BCUT2D eigenvalue weighted by atomic mass is 10.1. The molecule has 4 rings (SSSR count). The number of pyridine rings is 1. The van der Waals surface area contributed by atoms with Gasteiger partial charge in [0, 0.05) is 30.5 Å². The third-order valence-corrected chi connectivity index (χ3v) is 5.68. The van der Waals surface area contributed by atoms with Crippen molar-refractivity contribution in [1.82, 2.24) is 9.88 Å². The van der Waals surface area contributed by atoms with E-state index in [1.54, 1.807) is 25.3 Å². The highest BCUT2D eigenvalue weighted by Gasteiger charge is 2.22. The molecule has 1 atom stereocenters. The lowest BCUT2D eigenvalue weighted by molar-refractivity contribution is 0.0904. The van der Waals surface area contributed by atoms with Gasteiger partial charge in [-0.25, -0.2) is 4.39 Å². The van der Waals surface area contributed by atoms with Crippen molar-refractivity contribution in [2.24, 2.45) is 0 Å². The van der Waals surface area contributed by atoms with E-state index in [0.717, 1.165) is 24.8 Å². The molecule has 162 valence electrons. The highest BCUT2D eigenvalue weighted by Crippen LogP contribution is 2.20. The van der Waals surface area contributed by atoms with Crippen LogP contribution < -0.4 is 15.6 Å². The van der Waals surface area contributed by atoms with E-state index in [2.05, 4.69) is 10.3 Å². The zero-order valence-corrected chi connectivity index (χ0v) is 18.0. The van der Waals surface area contributed by atoms with E-state index in [9.17, 15) is 9.18 Å². The van der Waals surface area contributed by atoms with Crippen molar-refractivity contribution in [2.45, 2.75) is 25.5 Å². The van der Waals surface area contributed by atoms with E-state index in [4.69, 9.17) is 21.7 Å². The Morgan fingerprint density at radius 3 is 2.81 bits per heavy atom. The van der Waals surface area contributed by atoms with Gasteiger partial charge in [0.25, 0.3) is 5.56 Å². The molecule has 0 saturated carbocycles. The fourth-order valence-corrected chi connectivity index (χ4v) is 3.92. The number of methoxy groups -OCH3 is 1. The standard InChI is InChI=1S/C23H24FN3O3S/c1-29-19-9-4-15-11-16(22(28)26-21(15)12-19)13-27(14-20-3-2-10-30-20)23(31)25-18-7-5-17(24)6-8-18/h4-9,11-12,20H,2-3,10,13-14H2,1H3,(H,25,31)(H,26,28)/t20-/m0/s1. The molecule has 0 aliphatic carbocycles. The Bertz CT molecular complexity index is 1130. The summed E-state index contributed by atoms with van der Waals surface area (Å²) in [6.07, 6.45) is 2.01. The van der Waals surface area contributed by atoms with Crippen LogP contribution in [0.5, 0.6) is 5.75 Å². The summed E-state index contributed by atoms with van der Waals surface area (Å²) in [4.78, 5) is 17.6. The predicted molar refractivity (Wildman–Crippen MR) is 123 cm³/mol. The zero-order valence-electron chi connectivity index (χ0n) is 17.2. The summed E-state index contributed by atoms with van der Waals surface area (Å²) >= 11 is 5.63. The van der Waals surface area contributed by atoms with Crippen molar-refractivity contribution < 1.29 is 13.9 Å². The van der Waals surface area contributed by atoms with Crippen LogP contribution in [-0.4, -0.2) is 41.4 Å². The molecule has 0 bridgehead atoms. The Morgan fingerprint density at radius 1 is 1.29 bits per heavy atom. The second-order valence-electron chi connectivity index (χ2n) is 7.53. The molecule has 1 fully saturated rings. The minimum Gasteiger partial charge on any atom is -0.497 e. The van der Waals surface area contributed by atoms with Gasteiger partial charge in [0.2, 0.25) is 0 Å². The number of fused-ring (bicyclic) bond motifs is 1. The van der Waals surface area contributed by atoms with Crippen molar-refractivity contribution in [3.05, 3.63) is 70.3 Å². The molecule has 31 heavy (non-hydrogen) atoms. The molecule has 1 saturated heterocycles. The number of benzene rings is 2. The fourth-order valence-electron chi connectivity index (χ4n) is 3.66. The average Bonchev–Trinajstić information content (AvgIpc) is 3.28. The van der Waals surface area contributed by atoms with Gasteiger partial charge in [0.05, 0.1) is 25.3 Å². The number of halogens is 1. The molecule has 0 radical (unpaired) electrons. The minimum absolute atomic E-state index is 0.0526. The van der Waals surface area contributed by atoms with Crippen molar-refractivity contribution in [1.29, 1.82) is 0 Å². The fraction of sp³-hybridized carbons (Fsp3) is 0.304. The van der Waals surface area contributed by atoms with Crippen LogP contribution >= 0.6 is 12.2 Å². The Morgan fingerprint density at radius 2 is 2.10 bits per heavy atom. The van der Waals surface area contributed by atoms with Crippen molar-refractivity contribution in [3.63, 3.8) is 0 Å². The summed E-state index contributed by atoms with van der Waals surface area (Å²) in [6, 6.07) is 13.4. The third kappa shape index (κ3) is 5.21. The summed E-state index contributed by atoms with van der Waals surface area (Å²) in [5.74, 6) is 0.368. The average molecular weight is 442 g/mol. The van der Waals surface area contributed by atoms with Gasteiger partial charge in [-0.15, -0.1) is 0 Å². The number of hydrogen-bond acceptors (Lipinski definition) is 4. The van der Waals surface area contributed by atoms with Crippen molar-refractivity contribution >= 4 is 33.9 Å². The van der Waals surface area contributed by atoms with E-state index >= 15 is 0 Å². The summed E-state index contributed by atoms with van der Waals surface area (Å²) in [5, 5.41) is 4.50. The molecule has 0 amide bonds. The number of anilines is 1. The molecule has 1 aliphatic heterocycles. The first-order valence-corrected chi connectivity index (χ1v) is 10.6. The van der Waals surface area contributed by atoms with Gasteiger partial charge in [0.1, 0.15) is 11.6 Å². The predicted octanol–water partition coefficient (Wildman–Crippen LogP) is 4.05. The molecule has 0 unspecified atom stereocenters. The first-order valence-electron chi connectivity index (χ1n) is 10.1. The topological polar surface area (TPSA) is 66.6 Å². The van der Waals surface area contributed by atoms with Crippen molar-refractivity contribution in [2.75, 3.05) is 25.6 Å². The Balaban J connectivity index is 1.58. The number of hydrogen-bond donors (Lipinski definition) is 2. The maximum atomic E-state index is 13.2. The van der Waals surface area contributed by atoms with Gasteiger partial charge >= 0.3 is 0 Å². The van der Waals surface area contributed by atoms with Gasteiger partial charge in [0.15, 0.2) is 5.11 Å². The van der Waals surface area contributed by atoms with E-state index < -0.39 is 0 Å². The number of aromatic nitrogens is 1. The van der Waals surface area contributed by atoms with Crippen LogP contribution in [0.3, 0.4) is 0 Å². The number of rotatable bonds is 6. The number of H-pyrrole nitrogens is 1. The number of nitrogens with one attached hydrogen (secondary N) is 2. The lowest BCUT2D eigenvalue weighted by Gasteiger charge is -2.28. The molecule has 2 aromatic carbocycles. The number of aromatic amines is 1. The first kappa shape index (κ1) is 21.3. The van der Waals surface area contributed by atoms with E-state index in [1.807, 2.05) is 23.1 Å². The Hall–Kier alpha value is -2.97. The van der Waals surface area contributed by atoms with Crippen molar-refractivity contribution in [3.8, 4) is 5.75 Å². The summed E-state index contributed by atoms with van der Waals surface area (Å²) in [5.41, 5.74) is 1.82. The van der Waals surface area contributed by atoms with Gasteiger partial charge in [-0.3, -0.25) is 4.79 Å². The van der Waals surface area contributed by atoms with Crippen LogP contribution in [-0.2, 0) is 11.3 Å². The number of ether oxygens (including phenoxy) is 2. The maximum absolute atomic E-state index is 13.2. The molecule has 1 aliphatic rings. The monoisotopic (exact) mass is 441 g/mol. The van der Waals surface area contributed by atoms with Gasteiger partial charge < -0.3 is 24.7 Å². The maximum Gasteiger partial charge on any atom is 0.253 e. The van der Waals surface area contributed by atoms with Crippen LogP contribution in [0.1, 0.15) is 18.4 Å². The van der Waals surface area contributed by atoms with Gasteiger partial charge in [-0.1, -0.05) is 0 Å². The smallest absolute Gasteiger partial charge is 0.253 e. The largest absolute Gasteiger partial charge is 0.497 e. The molecule has 0 spiro atoms. The molecule has 6 nitrogen and oxygen atoms in total. The van der Waals surface area contributed by atoms with Gasteiger partial charge in [-0.2, -0.15) is 0 Å². The van der Waals surface area contributed by atoms with Crippen LogP contribution in [0, 0.1) is 5.82 Å². The molecular formula is C23H24FN3O3S. The summed E-state index contributed by atoms with van der Waals surface area (Å²) < 4.78 is 24.2. The highest BCUT2D eigenvalue weighted by atomic mass is 32.1. The SMILES string of the molecule is COc1ccc2cc(CN(C[C@@H]3CCCO3)C(=S)Nc3ccc(F)cc3)c(=O)[nH]c2c1. The number of nitrogens with zero attached hydrogens (tertiary/aromatic N) is 1. The highest BCUT2D eigenvalue weighted by molar-refractivity contribution is 7.80. The summed E-state index contributed by atoms with van der Waals surface area (Å²) in [6.45, 7) is 1.62. The second-order valence-corrected chi connectivity index (χ2v) is 7.92. The normalized spacial score (nSPS) is 15.7. The third-order valence-electron chi connectivity index (χ3n) is 5.32. The van der Waals surface area contributed by atoms with Crippen LogP contribution in [0.4, 0.5) is 10.1 Å². The molecule has 8 heteroatoms. The van der Waals surface area contributed by atoms with Crippen LogP contribution in [0.2, 0.25) is 0 Å². The molecule has 3 aromatic rings. The van der Waals surface area contributed by atoms with Crippen LogP contribution in [0.25, 0.3) is 10.9 Å². The lowest BCUT2D eigenvalue weighted by Crippen LogP contribution is -2.40. The molecule has 1 aromatic heterocycles. The molecule has 2 heterocycles. The van der Waals surface area contributed by atoms with E-state index in [1.165, 1.54) is 12.1 Å². The zero-order chi connectivity index (χ0) is 21.8. The van der Waals surface area contributed by atoms with Gasteiger partial charge in [-0.05, 0) is 72.9 Å². The summed E-state index contributed by atoms with van der Waals surface area (Å²) in [7, 11) is 1.59. The minimum atomic E-state index is -0.313. The first-order chi connectivity index (χ1) is 15.0. The molecule has 2 N–H and O–H groups in total.